The van der Waals surface area contributed by atoms with Gasteiger partial charge in [-0.1, -0.05) is 18.2 Å². The Balaban J connectivity index is 1.84. The van der Waals surface area contributed by atoms with E-state index in [2.05, 4.69) is 0 Å². The molecule has 2 bridgehead atoms. The Morgan fingerprint density at radius 1 is 1.36 bits per heavy atom. The molecule has 4 aliphatic rings. The van der Waals surface area contributed by atoms with Crippen LogP contribution >= 0.6 is 0 Å². The number of phenols is 1. The number of benzene rings is 1. The van der Waals surface area contributed by atoms with E-state index in [9.17, 15) is 15.4 Å². The second kappa shape index (κ2) is 3.67. The van der Waals surface area contributed by atoms with Crippen molar-refractivity contribution in [2.45, 2.75) is 36.5 Å². The molecular weight excluding hydrogens is 282 g/mol. The molecule has 0 aromatic heterocycles. The number of ether oxygens (including phenoxy) is 1. The molecule has 1 spiro atoms. The van der Waals surface area contributed by atoms with Crippen LogP contribution in [0.1, 0.15) is 17.5 Å². The molecule has 2 N–H and O–H groups in total. The third-order valence-corrected chi connectivity index (χ3v) is 6.38. The highest BCUT2D eigenvalue weighted by Crippen LogP contribution is 2.63. The molecule has 5 heteroatoms. The summed E-state index contributed by atoms with van der Waals surface area (Å²) < 4.78 is 5.79. The van der Waals surface area contributed by atoms with Crippen molar-refractivity contribution in [1.82, 2.24) is 0 Å². The van der Waals surface area contributed by atoms with Gasteiger partial charge >= 0.3 is 0 Å². The summed E-state index contributed by atoms with van der Waals surface area (Å²) in [5.74, 6) is 0.722. The quantitative estimate of drug-likeness (QED) is 0.429. The van der Waals surface area contributed by atoms with Gasteiger partial charge in [-0.2, -0.15) is 0 Å². The molecule has 5 nitrogen and oxygen atoms in total. The van der Waals surface area contributed by atoms with Gasteiger partial charge in [-0.15, -0.1) is 0 Å². The zero-order chi connectivity index (χ0) is 15.3. The number of nitrogens with zero attached hydrogens (tertiary/aromatic N) is 1. The second-order valence-corrected chi connectivity index (χ2v) is 7.35. The van der Waals surface area contributed by atoms with Gasteiger partial charge in [-0.25, -0.2) is 0 Å². The third kappa shape index (κ3) is 1.23. The van der Waals surface area contributed by atoms with E-state index in [0.717, 1.165) is 11.1 Å². The van der Waals surface area contributed by atoms with E-state index in [0.29, 0.717) is 25.1 Å². The van der Waals surface area contributed by atoms with E-state index in [4.69, 9.17) is 4.74 Å². The smallest absolute Gasteiger partial charge is 0.165 e. The Morgan fingerprint density at radius 3 is 3.00 bits per heavy atom. The van der Waals surface area contributed by atoms with Crippen LogP contribution in [0.5, 0.6) is 11.5 Å². The predicted octanol–water partition coefficient (Wildman–Crippen LogP) is 1.21. The van der Waals surface area contributed by atoms with Gasteiger partial charge in [0.2, 0.25) is 0 Å². The van der Waals surface area contributed by atoms with Gasteiger partial charge in [0.05, 0.1) is 25.0 Å². The predicted molar refractivity (Wildman–Crippen MR) is 79.4 cm³/mol. The van der Waals surface area contributed by atoms with Crippen molar-refractivity contribution in [2.75, 3.05) is 13.6 Å². The van der Waals surface area contributed by atoms with Crippen molar-refractivity contribution in [3.63, 3.8) is 0 Å². The van der Waals surface area contributed by atoms with Crippen molar-refractivity contribution in [3.05, 3.63) is 40.6 Å². The number of piperidine rings is 1. The number of hydrogen-bond acceptors (Lipinski definition) is 4. The van der Waals surface area contributed by atoms with Gasteiger partial charge in [0, 0.05) is 24.3 Å². The Labute approximate surface area is 128 Å². The first kappa shape index (κ1) is 12.9. The molecule has 0 amide bonds. The molecule has 2 aliphatic heterocycles. The number of aliphatic hydroxyl groups is 1. The highest BCUT2D eigenvalue weighted by molar-refractivity contribution is 5.61. The largest absolute Gasteiger partial charge is 0.633 e. The van der Waals surface area contributed by atoms with Gasteiger partial charge in [-0.3, -0.25) is 0 Å². The number of hydroxylamine groups is 3. The van der Waals surface area contributed by atoms with Crippen molar-refractivity contribution >= 4 is 0 Å². The first-order chi connectivity index (χ1) is 10.4. The number of hydrogen-bond donors (Lipinski definition) is 2. The average molecular weight is 301 g/mol. The van der Waals surface area contributed by atoms with Crippen LogP contribution in [-0.2, 0) is 11.8 Å². The first-order valence-electron chi connectivity index (χ1n) is 7.90. The van der Waals surface area contributed by atoms with Crippen LogP contribution in [0, 0.1) is 11.1 Å². The van der Waals surface area contributed by atoms with Gasteiger partial charge < -0.3 is 24.8 Å². The maximum atomic E-state index is 12.9. The maximum Gasteiger partial charge on any atom is 0.165 e. The minimum atomic E-state index is -0.696. The first-order valence-corrected chi connectivity index (χ1v) is 7.90. The Kier molecular flexibility index (Phi) is 2.16. The molecule has 22 heavy (non-hydrogen) atoms. The van der Waals surface area contributed by atoms with E-state index in [1.165, 1.54) is 0 Å². The zero-order valence-electron chi connectivity index (χ0n) is 12.4. The van der Waals surface area contributed by atoms with E-state index >= 15 is 0 Å². The van der Waals surface area contributed by atoms with Gasteiger partial charge in [0.25, 0.3) is 0 Å². The fourth-order valence-electron chi connectivity index (χ4n) is 5.39. The Hall–Kier alpha value is -1.56. The number of quaternary nitrogens is 1. The molecule has 0 saturated carbocycles. The van der Waals surface area contributed by atoms with Gasteiger partial charge in [0.15, 0.2) is 11.5 Å². The molecule has 1 saturated heterocycles. The number of aromatic hydroxyl groups is 1. The molecule has 0 radical (unpaired) electrons. The summed E-state index contributed by atoms with van der Waals surface area (Å²) >= 11 is 0. The highest BCUT2D eigenvalue weighted by Gasteiger charge is 2.66. The molecule has 6 atom stereocenters. The van der Waals surface area contributed by atoms with Crippen molar-refractivity contribution < 1.29 is 19.6 Å². The number of likely N-dealkylation sites (tertiary alicyclic amines) is 1. The maximum absolute atomic E-state index is 12.9. The number of phenolic OH excluding ortho intramolecular Hbond substituents is 1. The van der Waals surface area contributed by atoms with Gasteiger partial charge in [0.1, 0.15) is 12.2 Å². The van der Waals surface area contributed by atoms with E-state index in [1.54, 1.807) is 19.2 Å². The minimum Gasteiger partial charge on any atom is -0.633 e. The van der Waals surface area contributed by atoms with Crippen LogP contribution < -0.4 is 4.74 Å². The van der Waals surface area contributed by atoms with E-state index in [-0.39, 0.29) is 27.8 Å². The molecule has 116 valence electrons. The number of rotatable bonds is 0. The molecule has 1 aromatic carbocycles. The lowest BCUT2D eigenvalue weighted by molar-refractivity contribution is -0.898. The SMILES string of the molecule is C[N@@+]1([O-])CC[C@]23c4c5ccc(O)c4O[C@H]2[C@@H](O)C=C[C@H]3[C@H]1C5. The zero-order valence-corrected chi connectivity index (χ0v) is 12.4. The van der Waals surface area contributed by atoms with Gasteiger partial charge in [-0.05, 0) is 11.6 Å². The lowest BCUT2D eigenvalue weighted by atomic mass is 9.53. The summed E-state index contributed by atoms with van der Waals surface area (Å²) in [7, 11) is 1.76. The highest BCUT2D eigenvalue weighted by atomic mass is 16.5. The lowest BCUT2D eigenvalue weighted by Crippen LogP contribution is -2.69. The third-order valence-electron chi connectivity index (χ3n) is 6.38. The normalized spacial score (nSPS) is 47.0. The lowest BCUT2D eigenvalue weighted by Gasteiger charge is -2.61. The molecule has 2 aliphatic carbocycles. The van der Waals surface area contributed by atoms with Crippen molar-refractivity contribution in [1.29, 1.82) is 0 Å². The van der Waals surface area contributed by atoms with Crippen LogP contribution in [0.15, 0.2) is 24.3 Å². The summed E-state index contributed by atoms with van der Waals surface area (Å²) in [6.45, 7) is 0.524. The Bertz CT molecular complexity index is 713. The van der Waals surface area contributed by atoms with Crippen LogP contribution in [0.2, 0.25) is 0 Å². The molecule has 5 rings (SSSR count). The fourth-order valence-corrected chi connectivity index (χ4v) is 5.39. The monoisotopic (exact) mass is 301 g/mol. The van der Waals surface area contributed by atoms with Crippen LogP contribution in [0.25, 0.3) is 0 Å². The summed E-state index contributed by atoms with van der Waals surface area (Å²) in [6, 6.07) is 3.51. The van der Waals surface area contributed by atoms with E-state index < -0.39 is 12.2 Å². The summed E-state index contributed by atoms with van der Waals surface area (Å²) in [5.41, 5.74) is 1.78. The average Bonchev–Trinajstić information content (AvgIpc) is 2.84. The summed E-state index contributed by atoms with van der Waals surface area (Å²) in [6.07, 6.45) is 4.07. The summed E-state index contributed by atoms with van der Waals surface area (Å²) in [5, 5.41) is 33.6. The summed E-state index contributed by atoms with van der Waals surface area (Å²) in [4.78, 5) is 0. The van der Waals surface area contributed by atoms with Crippen LogP contribution in [-0.4, -0.2) is 46.7 Å². The van der Waals surface area contributed by atoms with Crippen molar-refractivity contribution in [2.24, 2.45) is 5.92 Å². The number of likely N-dealkylation sites (N-methyl/N-ethyl adjacent to an activating group) is 1. The molecule has 0 unspecified atom stereocenters. The molecular formula is C17H19NO4. The Morgan fingerprint density at radius 2 is 2.18 bits per heavy atom. The molecule has 1 aromatic rings. The second-order valence-electron chi connectivity index (χ2n) is 7.35. The minimum absolute atomic E-state index is 0.0495. The van der Waals surface area contributed by atoms with Crippen molar-refractivity contribution in [3.8, 4) is 11.5 Å². The molecule has 1 fully saturated rings. The van der Waals surface area contributed by atoms with Crippen LogP contribution in [0.4, 0.5) is 0 Å². The number of aliphatic hydroxyl groups excluding tert-OH is 1. The van der Waals surface area contributed by atoms with E-state index in [1.807, 2.05) is 12.1 Å². The fraction of sp³-hybridized carbons (Fsp3) is 0.529. The molecule has 2 heterocycles. The van der Waals surface area contributed by atoms with Crippen LogP contribution in [0.3, 0.4) is 0 Å². The standard InChI is InChI=1S/C17H19NO4/c1-18(21)7-6-17-10-3-5-13(20)16(17)22-15-12(19)4-2-9(14(15)17)8-11(10)18/h2-5,10-11,13,16,19-20H,6-8H2,1H3/t10-,11+,13-,16-,17-,18+/m0/s1. The topological polar surface area (TPSA) is 72.8 Å².